The molecule has 0 unspecified atom stereocenters. The summed E-state index contributed by atoms with van der Waals surface area (Å²) < 4.78 is 0. The first-order chi connectivity index (χ1) is 6.34. The minimum Gasteiger partial charge on any atom is -0.123 e. The van der Waals surface area contributed by atoms with Crippen LogP contribution >= 0.6 is 11.6 Å². The second kappa shape index (κ2) is 2.16. The summed E-state index contributed by atoms with van der Waals surface area (Å²) in [6, 6.07) is 0. The van der Waals surface area contributed by atoms with E-state index < -0.39 is 0 Å². The molecule has 0 amide bonds. The lowest BCUT2D eigenvalue weighted by Crippen LogP contribution is -2.31. The topological polar surface area (TPSA) is 0 Å². The van der Waals surface area contributed by atoms with Gasteiger partial charge in [0.25, 0.3) is 0 Å². The van der Waals surface area contributed by atoms with E-state index in [1.165, 1.54) is 19.3 Å². The molecule has 4 aliphatic rings. The van der Waals surface area contributed by atoms with E-state index in [1.807, 2.05) is 0 Å². The van der Waals surface area contributed by atoms with Crippen LogP contribution in [0.25, 0.3) is 0 Å². The van der Waals surface area contributed by atoms with Crippen molar-refractivity contribution in [3.8, 4) is 0 Å². The molecule has 13 heavy (non-hydrogen) atoms. The first-order valence-corrected chi connectivity index (χ1v) is 6.10. The fourth-order valence-electron chi connectivity index (χ4n) is 4.94. The van der Waals surface area contributed by atoms with Crippen LogP contribution in [-0.4, -0.2) is 5.38 Å². The van der Waals surface area contributed by atoms with Crippen molar-refractivity contribution in [3.63, 3.8) is 0 Å². The predicted molar refractivity (Wildman–Crippen MR) is 53.6 cm³/mol. The fraction of sp³-hybridized carbons (Fsp3) is 0.833. The molecule has 0 aromatic carbocycles. The first-order valence-electron chi connectivity index (χ1n) is 5.67. The maximum atomic E-state index is 6.39. The largest absolute Gasteiger partial charge is 0.123 e. The summed E-state index contributed by atoms with van der Waals surface area (Å²) in [5, 5.41) is 0.527. The van der Waals surface area contributed by atoms with Crippen LogP contribution in [0.2, 0.25) is 0 Å². The van der Waals surface area contributed by atoms with Gasteiger partial charge in [0.15, 0.2) is 0 Å². The highest BCUT2D eigenvalue weighted by Gasteiger charge is 2.60. The summed E-state index contributed by atoms with van der Waals surface area (Å²) in [5.41, 5.74) is 0. The molecule has 1 heteroatoms. The molecule has 0 N–H and O–H groups in total. The molecular formula is C12H15Cl. The van der Waals surface area contributed by atoms with Crippen molar-refractivity contribution in [2.24, 2.45) is 35.5 Å². The van der Waals surface area contributed by atoms with E-state index in [9.17, 15) is 0 Å². The van der Waals surface area contributed by atoms with Gasteiger partial charge in [0.1, 0.15) is 0 Å². The monoisotopic (exact) mass is 194 g/mol. The number of allylic oxidation sites excluding steroid dienone is 2. The summed E-state index contributed by atoms with van der Waals surface area (Å²) in [5.74, 6) is 5.81. The molecule has 0 radical (unpaired) electrons. The minimum absolute atomic E-state index is 0.527. The van der Waals surface area contributed by atoms with Gasteiger partial charge < -0.3 is 0 Å². The number of rotatable bonds is 0. The Balaban J connectivity index is 1.79. The van der Waals surface area contributed by atoms with Crippen LogP contribution in [0.4, 0.5) is 0 Å². The Labute approximate surface area is 84.3 Å². The molecule has 0 saturated heterocycles. The maximum absolute atomic E-state index is 6.39. The van der Waals surface area contributed by atoms with Gasteiger partial charge in [0.2, 0.25) is 0 Å². The van der Waals surface area contributed by atoms with Gasteiger partial charge in [0.05, 0.1) is 0 Å². The third-order valence-electron chi connectivity index (χ3n) is 5.19. The molecule has 4 aliphatic carbocycles. The number of halogens is 1. The Morgan fingerprint density at radius 2 is 1.69 bits per heavy atom. The van der Waals surface area contributed by atoms with E-state index in [0.717, 1.165) is 35.5 Å². The van der Waals surface area contributed by atoms with Crippen LogP contribution in [0.5, 0.6) is 0 Å². The Morgan fingerprint density at radius 3 is 2.54 bits per heavy atom. The average molecular weight is 195 g/mol. The first kappa shape index (κ1) is 7.34. The van der Waals surface area contributed by atoms with E-state index in [1.54, 1.807) is 0 Å². The van der Waals surface area contributed by atoms with Crippen LogP contribution in [-0.2, 0) is 0 Å². The van der Waals surface area contributed by atoms with Gasteiger partial charge >= 0.3 is 0 Å². The highest BCUT2D eigenvalue weighted by molar-refractivity contribution is 6.21. The van der Waals surface area contributed by atoms with Crippen molar-refractivity contribution in [1.29, 1.82) is 0 Å². The zero-order chi connectivity index (χ0) is 8.58. The average Bonchev–Trinajstić information content (AvgIpc) is 2.78. The van der Waals surface area contributed by atoms with Crippen molar-refractivity contribution in [2.45, 2.75) is 24.6 Å². The van der Waals surface area contributed by atoms with E-state index >= 15 is 0 Å². The smallest absolute Gasteiger partial charge is 0.0370 e. The Morgan fingerprint density at radius 1 is 0.923 bits per heavy atom. The maximum Gasteiger partial charge on any atom is 0.0370 e. The van der Waals surface area contributed by atoms with Gasteiger partial charge in [-0.05, 0) is 54.8 Å². The minimum atomic E-state index is 0.527. The van der Waals surface area contributed by atoms with Crippen molar-refractivity contribution < 1.29 is 0 Å². The summed E-state index contributed by atoms with van der Waals surface area (Å²) in [6.07, 6.45) is 9.22. The van der Waals surface area contributed by atoms with Gasteiger partial charge in [-0.15, -0.1) is 11.6 Å². The van der Waals surface area contributed by atoms with Crippen molar-refractivity contribution >= 4 is 11.6 Å². The molecule has 4 bridgehead atoms. The van der Waals surface area contributed by atoms with Gasteiger partial charge in [-0.25, -0.2) is 0 Å². The number of fused-ring (bicyclic) bond motifs is 9. The quantitative estimate of drug-likeness (QED) is 0.316. The molecule has 70 valence electrons. The van der Waals surface area contributed by atoms with E-state index in [-0.39, 0.29) is 0 Å². The summed E-state index contributed by atoms with van der Waals surface area (Å²) in [6.45, 7) is 0. The molecule has 0 aliphatic heterocycles. The lowest BCUT2D eigenvalue weighted by atomic mass is 9.73. The second-order valence-electron chi connectivity index (χ2n) is 5.51. The zero-order valence-electron chi connectivity index (χ0n) is 7.70. The lowest BCUT2D eigenvalue weighted by molar-refractivity contribution is 0.209. The van der Waals surface area contributed by atoms with Gasteiger partial charge in [-0.1, -0.05) is 12.2 Å². The SMILES string of the molecule is Cl[C@@H]1C[C@H]2C[C@H]1[C@@H]1[C@@H]2[C@H]2C=C[C@H]1C2. The molecule has 4 rings (SSSR count). The Bertz CT molecular complexity index is 283. The number of alkyl halides is 1. The normalized spacial score (nSPS) is 66.4. The van der Waals surface area contributed by atoms with Crippen LogP contribution in [0, 0.1) is 35.5 Å². The lowest BCUT2D eigenvalue weighted by Gasteiger charge is -2.34. The standard InChI is InChI=1S/C12H15Cl/c13-10-5-8-4-9(10)12-7-2-1-6(3-7)11(8)12/h1-2,6-12H,3-5H2/t6-,7-,8+,9+,10+,11+,12+/m0/s1. The molecule has 3 saturated carbocycles. The van der Waals surface area contributed by atoms with Gasteiger partial charge in [-0.3, -0.25) is 0 Å². The van der Waals surface area contributed by atoms with Crippen LogP contribution in [0.3, 0.4) is 0 Å². The van der Waals surface area contributed by atoms with Crippen molar-refractivity contribution in [2.75, 3.05) is 0 Å². The molecule has 0 spiro atoms. The molecule has 3 fully saturated rings. The molecule has 0 aromatic rings. The molecular weight excluding hydrogens is 180 g/mol. The van der Waals surface area contributed by atoms with E-state index in [2.05, 4.69) is 12.2 Å². The van der Waals surface area contributed by atoms with Crippen LogP contribution in [0.15, 0.2) is 12.2 Å². The zero-order valence-corrected chi connectivity index (χ0v) is 8.45. The molecule has 7 atom stereocenters. The van der Waals surface area contributed by atoms with Crippen molar-refractivity contribution in [3.05, 3.63) is 12.2 Å². The van der Waals surface area contributed by atoms with E-state index in [4.69, 9.17) is 11.6 Å². The van der Waals surface area contributed by atoms with E-state index in [0.29, 0.717) is 5.38 Å². The molecule has 0 nitrogen and oxygen atoms in total. The van der Waals surface area contributed by atoms with Crippen LogP contribution < -0.4 is 0 Å². The third-order valence-corrected chi connectivity index (χ3v) is 5.69. The third kappa shape index (κ3) is 0.719. The summed E-state index contributed by atoms with van der Waals surface area (Å²) in [7, 11) is 0. The number of hydrogen-bond donors (Lipinski definition) is 0. The Hall–Kier alpha value is 0.0300. The molecule has 0 heterocycles. The van der Waals surface area contributed by atoms with Crippen LogP contribution in [0.1, 0.15) is 19.3 Å². The predicted octanol–water partition coefficient (Wildman–Crippen LogP) is 3.07. The number of hydrogen-bond acceptors (Lipinski definition) is 0. The summed E-state index contributed by atoms with van der Waals surface area (Å²) >= 11 is 6.39. The Kier molecular flexibility index (Phi) is 1.22. The highest BCUT2D eigenvalue weighted by Crippen LogP contribution is 2.66. The van der Waals surface area contributed by atoms with Gasteiger partial charge in [-0.2, -0.15) is 0 Å². The van der Waals surface area contributed by atoms with Gasteiger partial charge in [0, 0.05) is 5.38 Å². The highest BCUT2D eigenvalue weighted by atomic mass is 35.5. The van der Waals surface area contributed by atoms with Crippen molar-refractivity contribution in [1.82, 2.24) is 0 Å². The molecule has 0 aromatic heterocycles. The fourth-order valence-corrected chi connectivity index (χ4v) is 5.44. The summed E-state index contributed by atoms with van der Waals surface area (Å²) in [4.78, 5) is 0. The second-order valence-corrected chi connectivity index (χ2v) is 6.07.